The van der Waals surface area contributed by atoms with Crippen molar-refractivity contribution < 1.29 is 26.1 Å². The summed E-state index contributed by atoms with van der Waals surface area (Å²) in [5.74, 6) is 0.523. The minimum atomic E-state index is -5.00. The predicted molar refractivity (Wildman–Crippen MR) is 143 cm³/mol. The van der Waals surface area contributed by atoms with Crippen LogP contribution in [0.25, 0.3) is 33.4 Å². The maximum absolute atomic E-state index is 12.3. The van der Waals surface area contributed by atoms with Crippen molar-refractivity contribution in [3.8, 4) is 22.5 Å². The average Bonchev–Trinajstić information content (AvgIpc) is 2.87. The summed E-state index contributed by atoms with van der Waals surface area (Å²) < 4.78 is 68.6. The first-order valence-corrected chi connectivity index (χ1v) is 14.6. The molecule has 4 rings (SSSR count). The lowest BCUT2D eigenvalue weighted by Crippen LogP contribution is -2.29. The summed E-state index contributed by atoms with van der Waals surface area (Å²) in [6.45, 7) is 11.4. The van der Waals surface area contributed by atoms with Crippen molar-refractivity contribution in [2.45, 2.75) is 37.5 Å². The molecule has 0 amide bonds. The first-order valence-electron chi connectivity index (χ1n) is 12.2. The van der Waals surface area contributed by atoms with Crippen LogP contribution in [0.3, 0.4) is 0 Å². The SMILES string of the molecule is CCN(CC)c1ccc2c(-c3ccc(S(=O)[O-])cc3S(=O)(=O)[O-])c3ccc(=[N+](CC)CC)cc-3oc2c1. The van der Waals surface area contributed by atoms with E-state index in [1.165, 1.54) is 12.1 Å². The van der Waals surface area contributed by atoms with Gasteiger partial charge in [-0.15, -0.1) is 0 Å². The highest BCUT2D eigenvalue weighted by Gasteiger charge is 2.23. The fourth-order valence-electron chi connectivity index (χ4n) is 4.75. The zero-order valence-corrected chi connectivity index (χ0v) is 22.8. The van der Waals surface area contributed by atoms with Crippen LogP contribution in [0.2, 0.25) is 0 Å². The predicted octanol–water partition coefficient (Wildman–Crippen LogP) is 4.00. The summed E-state index contributed by atoms with van der Waals surface area (Å²) in [4.78, 5) is 1.29. The maximum Gasteiger partial charge on any atom is 0.203 e. The fraction of sp³-hybridized carbons (Fsp3) is 0.296. The third kappa shape index (κ3) is 5.19. The van der Waals surface area contributed by atoms with Gasteiger partial charge in [-0.2, -0.15) is 0 Å². The molecule has 1 atom stereocenters. The lowest BCUT2D eigenvalue weighted by Gasteiger charge is -2.23. The van der Waals surface area contributed by atoms with E-state index < -0.39 is 26.1 Å². The van der Waals surface area contributed by atoms with Gasteiger partial charge in [-0.1, -0.05) is 6.07 Å². The number of rotatable bonds is 8. The first kappa shape index (κ1) is 27.0. The van der Waals surface area contributed by atoms with E-state index in [0.717, 1.165) is 43.3 Å². The highest BCUT2D eigenvalue weighted by Crippen LogP contribution is 2.43. The molecule has 37 heavy (non-hydrogen) atoms. The van der Waals surface area contributed by atoms with Crippen molar-refractivity contribution in [2.24, 2.45) is 0 Å². The van der Waals surface area contributed by atoms with Gasteiger partial charge in [0.25, 0.3) is 0 Å². The molecule has 0 fully saturated rings. The topological polar surface area (TPSA) is 117 Å². The summed E-state index contributed by atoms with van der Waals surface area (Å²) in [6, 6.07) is 14.9. The molecule has 2 aromatic carbocycles. The van der Waals surface area contributed by atoms with Crippen LogP contribution in [-0.4, -0.2) is 47.9 Å². The molecular weight excluding hydrogens is 512 g/mol. The molecule has 1 heterocycles. The van der Waals surface area contributed by atoms with Gasteiger partial charge in [0.15, 0.2) is 0 Å². The van der Waals surface area contributed by atoms with Crippen molar-refractivity contribution in [1.29, 1.82) is 0 Å². The first-order chi connectivity index (χ1) is 17.6. The smallest absolute Gasteiger partial charge is 0.203 e. The quantitative estimate of drug-likeness (QED) is 0.143. The normalized spacial score (nSPS) is 12.7. The van der Waals surface area contributed by atoms with Crippen molar-refractivity contribution in [2.75, 3.05) is 31.1 Å². The summed E-state index contributed by atoms with van der Waals surface area (Å²) in [6.07, 6.45) is 0. The number of hydrogen-bond acceptors (Lipinski definition) is 7. The Hall–Kier alpha value is -3.05. The van der Waals surface area contributed by atoms with Gasteiger partial charge in [-0.05, 0) is 69.1 Å². The molecule has 0 N–H and O–H groups in total. The summed E-state index contributed by atoms with van der Waals surface area (Å²) >= 11 is -2.70. The highest BCUT2D eigenvalue weighted by atomic mass is 32.2. The molecule has 2 aromatic rings. The van der Waals surface area contributed by atoms with Crippen molar-refractivity contribution in [3.05, 3.63) is 60.0 Å². The van der Waals surface area contributed by atoms with Crippen molar-refractivity contribution in [3.63, 3.8) is 0 Å². The van der Waals surface area contributed by atoms with Crippen LogP contribution in [0.5, 0.6) is 0 Å². The van der Waals surface area contributed by atoms with Crippen LogP contribution < -0.4 is 14.8 Å². The van der Waals surface area contributed by atoms with Crippen LogP contribution in [0.4, 0.5) is 5.69 Å². The Balaban J connectivity index is 2.18. The number of anilines is 1. The molecule has 0 saturated carbocycles. The summed E-state index contributed by atoms with van der Waals surface area (Å²) in [7, 11) is -5.00. The number of benzene rings is 3. The van der Waals surface area contributed by atoms with Crippen LogP contribution in [0, 0.1) is 0 Å². The summed E-state index contributed by atoms with van der Waals surface area (Å²) in [5.41, 5.74) is 2.70. The monoisotopic (exact) mass is 541 g/mol. The third-order valence-corrected chi connectivity index (χ3v) is 8.15. The van der Waals surface area contributed by atoms with Gasteiger partial charge < -0.3 is 18.4 Å². The number of nitrogens with zero attached hydrogens (tertiary/aromatic N) is 2. The lowest BCUT2D eigenvalue weighted by atomic mass is 9.93. The molecule has 8 nitrogen and oxygen atoms in total. The van der Waals surface area contributed by atoms with Crippen LogP contribution in [0.15, 0.2) is 68.8 Å². The lowest BCUT2D eigenvalue weighted by molar-refractivity contribution is 0.463. The summed E-state index contributed by atoms with van der Waals surface area (Å²) in [5, 5.41) is 1.56. The van der Waals surface area contributed by atoms with Gasteiger partial charge in [0.2, 0.25) is 5.36 Å². The van der Waals surface area contributed by atoms with Gasteiger partial charge >= 0.3 is 0 Å². The highest BCUT2D eigenvalue weighted by molar-refractivity contribution is 7.86. The Bertz CT molecular complexity index is 1630. The third-order valence-electron chi connectivity index (χ3n) is 6.63. The second-order valence-electron chi connectivity index (χ2n) is 8.53. The van der Waals surface area contributed by atoms with E-state index in [2.05, 4.69) is 37.2 Å². The second kappa shape index (κ2) is 10.7. The van der Waals surface area contributed by atoms with Crippen LogP contribution in [-0.2, 0) is 21.2 Å². The molecule has 0 aromatic heterocycles. The minimum absolute atomic E-state index is 0.126. The van der Waals surface area contributed by atoms with Gasteiger partial charge in [-0.3, -0.25) is 4.21 Å². The molecule has 2 aliphatic rings. The Kier molecular flexibility index (Phi) is 7.84. The van der Waals surface area contributed by atoms with E-state index >= 15 is 0 Å². The van der Waals surface area contributed by atoms with Crippen molar-refractivity contribution in [1.82, 2.24) is 4.58 Å². The standard InChI is InChI=1S/C27H30N2O6S2/c1-5-28(6-2)18-9-12-21-24(15-18)35-25-16-19(29(7-3)8-4)10-13-22(25)27(21)23-14-11-20(36(30)31)17-26(23)37(32,33)34/h9-17H,5-8H2,1-4H3,(H-,30,31,32,33,34)/p-1. The Morgan fingerprint density at radius 2 is 1.59 bits per heavy atom. The van der Waals surface area contributed by atoms with Crippen LogP contribution in [0.1, 0.15) is 27.7 Å². The zero-order valence-electron chi connectivity index (χ0n) is 21.2. The van der Waals surface area contributed by atoms with Crippen molar-refractivity contribution >= 4 is 37.9 Å². The fourth-order valence-corrected chi connectivity index (χ4v) is 5.93. The minimum Gasteiger partial charge on any atom is -0.768 e. The maximum atomic E-state index is 12.3. The van der Waals surface area contributed by atoms with Gasteiger partial charge in [0, 0.05) is 57.9 Å². The molecule has 1 aliphatic carbocycles. The second-order valence-corrected chi connectivity index (χ2v) is 10.8. The van der Waals surface area contributed by atoms with E-state index in [1.54, 1.807) is 0 Å². The number of fused-ring (bicyclic) bond motifs is 2. The molecule has 10 heteroatoms. The zero-order chi connectivity index (χ0) is 26.9. The molecule has 0 spiro atoms. The van der Waals surface area contributed by atoms with Gasteiger partial charge in [0.05, 0.1) is 11.0 Å². The molecule has 0 saturated heterocycles. The van der Waals surface area contributed by atoms with E-state index in [9.17, 15) is 21.7 Å². The number of hydrogen-bond donors (Lipinski definition) is 0. The van der Waals surface area contributed by atoms with E-state index in [1.807, 2.05) is 36.4 Å². The molecule has 0 bridgehead atoms. The van der Waals surface area contributed by atoms with Crippen LogP contribution >= 0.6 is 0 Å². The molecule has 196 valence electrons. The Morgan fingerprint density at radius 3 is 2.19 bits per heavy atom. The Morgan fingerprint density at radius 1 is 0.919 bits per heavy atom. The van der Waals surface area contributed by atoms with E-state index in [0.29, 0.717) is 27.9 Å². The van der Waals surface area contributed by atoms with E-state index in [-0.39, 0.29) is 10.5 Å². The molecule has 1 unspecified atom stereocenters. The molecule has 1 aliphatic heterocycles. The molecular formula is C27H29N2O6S2-. The largest absolute Gasteiger partial charge is 0.768 e. The van der Waals surface area contributed by atoms with Gasteiger partial charge in [0.1, 0.15) is 34.6 Å². The molecule has 0 radical (unpaired) electrons. The van der Waals surface area contributed by atoms with E-state index in [4.69, 9.17) is 4.42 Å². The Labute approximate surface area is 219 Å². The average molecular weight is 542 g/mol. The van der Waals surface area contributed by atoms with Gasteiger partial charge in [-0.25, -0.2) is 13.0 Å².